The number of carboxylic acids is 1. The molecule has 1 aromatic rings. The molecule has 0 amide bonds. The van der Waals surface area contributed by atoms with Gasteiger partial charge in [-0.1, -0.05) is 6.08 Å². The molecule has 0 saturated heterocycles. The number of nitrogens with one attached hydrogen (secondary N) is 1. The van der Waals surface area contributed by atoms with Gasteiger partial charge in [0.25, 0.3) is 0 Å². The second-order valence-corrected chi connectivity index (χ2v) is 6.03. The molecule has 4 N–H and O–H groups in total. The lowest BCUT2D eigenvalue weighted by Gasteiger charge is -2.15. The fourth-order valence-electron chi connectivity index (χ4n) is 1.81. The molecule has 1 aromatic carbocycles. The molecule has 2 rings (SSSR count). The van der Waals surface area contributed by atoms with E-state index in [0.717, 1.165) is 11.5 Å². The number of carboxylic acid groups (broad SMARTS) is 1. The summed E-state index contributed by atoms with van der Waals surface area (Å²) < 4.78 is 35.7. The maximum Gasteiger partial charge on any atom is 0.340 e. The first kappa shape index (κ1) is 13.3. The van der Waals surface area contributed by atoms with Crippen LogP contribution < -0.4 is 11.1 Å². The standard InChI is InChI=1S/C11H11FN2O4S/c12-7-1-2-8(9(10(7)13)11(15)16)14-6-3-4-19(17,18)5-6/h1-4,6,14H,5,13H2,(H,15,16). The Labute approximate surface area is 108 Å². The van der Waals surface area contributed by atoms with Crippen LogP contribution in [0.25, 0.3) is 0 Å². The fraction of sp³-hybridized carbons (Fsp3) is 0.182. The number of nitrogen functional groups attached to an aromatic ring is 1. The molecular weight excluding hydrogens is 275 g/mol. The number of rotatable bonds is 3. The molecule has 1 atom stereocenters. The zero-order valence-electron chi connectivity index (χ0n) is 9.63. The van der Waals surface area contributed by atoms with E-state index in [1.54, 1.807) is 0 Å². The molecule has 1 heterocycles. The van der Waals surface area contributed by atoms with Gasteiger partial charge in [0.2, 0.25) is 0 Å². The molecule has 8 heteroatoms. The van der Waals surface area contributed by atoms with Crippen molar-refractivity contribution in [1.29, 1.82) is 0 Å². The van der Waals surface area contributed by atoms with Crippen molar-refractivity contribution >= 4 is 27.2 Å². The van der Waals surface area contributed by atoms with E-state index in [1.807, 2.05) is 0 Å². The summed E-state index contributed by atoms with van der Waals surface area (Å²) in [5, 5.41) is 12.8. The van der Waals surface area contributed by atoms with Crippen LogP contribution in [0.15, 0.2) is 23.6 Å². The minimum Gasteiger partial charge on any atom is -0.478 e. The molecule has 19 heavy (non-hydrogen) atoms. The molecule has 0 aromatic heterocycles. The summed E-state index contributed by atoms with van der Waals surface area (Å²) in [4.78, 5) is 11.1. The van der Waals surface area contributed by atoms with Gasteiger partial charge in [-0.05, 0) is 12.1 Å². The smallest absolute Gasteiger partial charge is 0.340 e. The van der Waals surface area contributed by atoms with Crippen LogP contribution in [0.1, 0.15) is 10.4 Å². The largest absolute Gasteiger partial charge is 0.478 e. The van der Waals surface area contributed by atoms with Gasteiger partial charge in [0.15, 0.2) is 9.84 Å². The SMILES string of the molecule is Nc1c(F)ccc(NC2C=CS(=O)(=O)C2)c1C(=O)O. The molecule has 0 fully saturated rings. The quantitative estimate of drug-likeness (QED) is 0.710. The van der Waals surface area contributed by atoms with Crippen LogP contribution >= 0.6 is 0 Å². The molecule has 102 valence electrons. The van der Waals surface area contributed by atoms with E-state index >= 15 is 0 Å². The zero-order valence-corrected chi connectivity index (χ0v) is 10.4. The Morgan fingerprint density at radius 1 is 1.47 bits per heavy atom. The van der Waals surface area contributed by atoms with Crippen LogP contribution in [0.5, 0.6) is 0 Å². The van der Waals surface area contributed by atoms with Crippen LogP contribution in [0.2, 0.25) is 0 Å². The number of hydrogen-bond donors (Lipinski definition) is 3. The number of nitrogens with two attached hydrogens (primary N) is 1. The topological polar surface area (TPSA) is 109 Å². The number of sulfone groups is 1. The summed E-state index contributed by atoms with van der Waals surface area (Å²) in [6.45, 7) is 0. The van der Waals surface area contributed by atoms with Crippen LogP contribution in [0.4, 0.5) is 15.8 Å². The second kappa shape index (κ2) is 4.54. The lowest BCUT2D eigenvalue weighted by Crippen LogP contribution is -2.23. The number of benzene rings is 1. The number of halogens is 1. The fourth-order valence-corrected chi connectivity index (χ4v) is 3.05. The number of anilines is 2. The first-order chi connectivity index (χ1) is 8.80. The molecule has 0 aliphatic carbocycles. The molecule has 6 nitrogen and oxygen atoms in total. The third kappa shape index (κ3) is 2.68. The molecule has 1 aliphatic heterocycles. The van der Waals surface area contributed by atoms with Gasteiger partial charge in [0, 0.05) is 5.41 Å². The Bertz CT molecular complexity index is 670. The predicted octanol–water partition coefficient (Wildman–Crippen LogP) is 0.829. The van der Waals surface area contributed by atoms with Gasteiger partial charge in [-0.3, -0.25) is 0 Å². The molecule has 0 spiro atoms. The van der Waals surface area contributed by atoms with Gasteiger partial charge in [0.1, 0.15) is 11.4 Å². The van der Waals surface area contributed by atoms with Crippen LogP contribution in [0.3, 0.4) is 0 Å². The lowest BCUT2D eigenvalue weighted by molar-refractivity contribution is 0.0698. The highest BCUT2D eigenvalue weighted by Gasteiger charge is 2.24. The van der Waals surface area contributed by atoms with Crippen molar-refractivity contribution < 1.29 is 22.7 Å². The Morgan fingerprint density at radius 3 is 2.68 bits per heavy atom. The normalized spacial score (nSPS) is 20.4. The van der Waals surface area contributed by atoms with Crippen molar-refractivity contribution in [2.75, 3.05) is 16.8 Å². The average molecular weight is 286 g/mol. The van der Waals surface area contributed by atoms with E-state index in [9.17, 15) is 17.6 Å². The number of aromatic carboxylic acids is 1. The summed E-state index contributed by atoms with van der Waals surface area (Å²) in [5.41, 5.74) is 4.57. The van der Waals surface area contributed by atoms with Gasteiger partial charge in [-0.2, -0.15) is 0 Å². The first-order valence-electron chi connectivity index (χ1n) is 5.29. The van der Waals surface area contributed by atoms with Crippen molar-refractivity contribution in [3.63, 3.8) is 0 Å². The zero-order chi connectivity index (χ0) is 14.2. The maximum atomic E-state index is 13.2. The minimum absolute atomic E-state index is 0.0816. The molecule has 0 bridgehead atoms. The average Bonchev–Trinajstić information content (AvgIpc) is 2.63. The van der Waals surface area contributed by atoms with Gasteiger partial charge in [0.05, 0.1) is 23.2 Å². The third-order valence-corrected chi connectivity index (χ3v) is 4.07. The molecular formula is C11H11FN2O4S. The highest BCUT2D eigenvalue weighted by molar-refractivity contribution is 7.94. The van der Waals surface area contributed by atoms with E-state index < -0.39 is 38.9 Å². The summed E-state index contributed by atoms with van der Waals surface area (Å²) in [5.74, 6) is -2.40. The van der Waals surface area contributed by atoms with Crippen molar-refractivity contribution in [2.24, 2.45) is 0 Å². The summed E-state index contributed by atoms with van der Waals surface area (Å²) in [6, 6.07) is 1.68. The van der Waals surface area contributed by atoms with Gasteiger partial charge in [-0.25, -0.2) is 17.6 Å². The van der Waals surface area contributed by atoms with Crippen LogP contribution in [0, 0.1) is 5.82 Å². The lowest BCUT2D eigenvalue weighted by atomic mass is 10.1. The van der Waals surface area contributed by atoms with Crippen molar-refractivity contribution in [3.8, 4) is 0 Å². The Balaban J connectivity index is 2.34. The monoisotopic (exact) mass is 286 g/mol. The van der Waals surface area contributed by atoms with E-state index in [4.69, 9.17) is 10.8 Å². The molecule has 1 aliphatic rings. The van der Waals surface area contributed by atoms with Gasteiger partial charge < -0.3 is 16.2 Å². The van der Waals surface area contributed by atoms with Gasteiger partial charge >= 0.3 is 5.97 Å². The Morgan fingerprint density at radius 2 is 2.16 bits per heavy atom. The molecule has 1 unspecified atom stereocenters. The molecule has 0 radical (unpaired) electrons. The summed E-state index contributed by atoms with van der Waals surface area (Å²) >= 11 is 0. The second-order valence-electron chi connectivity index (χ2n) is 4.10. The van der Waals surface area contributed by atoms with Crippen molar-refractivity contribution in [1.82, 2.24) is 0 Å². The maximum absolute atomic E-state index is 13.2. The molecule has 0 saturated carbocycles. The third-order valence-electron chi connectivity index (χ3n) is 2.68. The van der Waals surface area contributed by atoms with E-state index in [0.29, 0.717) is 0 Å². The predicted molar refractivity (Wildman–Crippen MR) is 68.1 cm³/mol. The van der Waals surface area contributed by atoms with E-state index in [-0.39, 0.29) is 11.4 Å². The van der Waals surface area contributed by atoms with E-state index in [2.05, 4.69) is 5.32 Å². The summed E-state index contributed by atoms with van der Waals surface area (Å²) in [6.07, 6.45) is 1.40. The van der Waals surface area contributed by atoms with Crippen LogP contribution in [-0.4, -0.2) is 31.3 Å². The van der Waals surface area contributed by atoms with Gasteiger partial charge in [-0.15, -0.1) is 0 Å². The van der Waals surface area contributed by atoms with Crippen molar-refractivity contribution in [3.05, 3.63) is 35.0 Å². The number of hydrogen-bond acceptors (Lipinski definition) is 5. The minimum atomic E-state index is -3.26. The Kier molecular flexibility index (Phi) is 3.19. The van der Waals surface area contributed by atoms with Crippen molar-refractivity contribution in [2.45, 2.75) is 6.04 Å². The highest BCUT2D eigenvalue weighted by Crippen LogP contribution is 2.26. The highest BCUT2D eigenvalue weighted by atomic mass is 32.2. The number of carbonyl (C=O) groups is 1. The Hall–Kier alpha value is -2.09. The van der Waals surface area contributed by atoms with Crippen LogP contribution in [-0.2, 0) is 9.84 Å². The van der Waals surface area contributed by atoms with E-state index in [1.165, 1.54) is 12.1 Å². The summed E-state index contributed by atoms with van der Waals surface area (Å²) in [7, 11) is -3.26. The first-order valence-corrected chi connectivity index (χ1v) is 7.00.